The van der Waals surface area contributed by atoms with Gasteiger partial charge < -0.3 is 10.4 Å². The van der Waals surface area contributed by atoms with E-state index in [0.717, 1.165) is 5.69 Å². The maximum Gasteiger partial charge on any atom is 0.0814 e. The molecule has 2 N–H and O–H groups in total. The summed E-state index contributed by atoms with van der Waals surface area (Å²) in [5, 5.41) is 18.4. The highest BCUT2D eigenvalue weighted by Crippen LogP contribution is 2.40. The minimum Gasteiger partial charge on any atom is -0.394 e. The van der Waals surface area contributed by atoms with Gasteiger partial charge in [0.15, 0.2) is 0 Å². The van der Waals surface area contributed by atoms with Gasteiger partial charge in [-0.2, -0.15) is 5.10 Å². The van der Waals surface area contributed by atoms with Crippen molar-refractivity contribution < 1.29 is 5.11 Å². The van der Waals surface area contributed by atoms with Crippen LogP contribution in [-0.2, 0) is 6.54 Å². The second-order valence-corrected chi connectivity index (χ2v) is 6.05. The summed E-state index contributed by atoms with van der Waals surface area (Å²) >= 11 is 6.04. The third kappa shape index (κ3) is 2.87. The van der Waals surface area contributed by atoms with Crippen molar-refractivity contribution in [1.82, 2.24) is 15.1 Å². The fourth-order valence-corrected chi connectivity index (χ4v) is 2.74. The Kier molecular flexibility index (Phi) is 3.99. The molecular formula is C13H22ClN3O. The summed E-state index contributed by atoms with van der Waals surface area (Å²) < 4.78 is 1.85. The number of halogens is 1. The first-order chi connectivity index (χ1) is 8.47. The third-order valence-corrected chi connectivity index (χ3v) is 3.92. The number of aryl methyl sites for hydroxylation is 1. The SMILES string of the molecule is Cc1nn(CC(CO)(NC(C)C)C2CC2)cc1Cl. The Morgan fingerprint density at radius 3 is 2.67 bits per heavy atom. The van der Waals surface area contributed by atoms with Gasteiger partial charge in [0.25, 0.3) is 0 Å². The molecule has 1 atom stereocenters. The molecule has 0 amide bonds. The average molecular weight is 272 g/mol. The van der Waals surface area contributed by atoms with Gasteiger partial charge in [-0.1, -0.05) is 25.4 Å². The maximum absolute atomic E-state index is 9.84. The van der Waals surface area contributed by atoms with E-state index in [0.29, 0.717) is 23.5 Å². The van der Waals surface area contributed by atoms with Crippen LogP contribution >= 0.6 is 11.6 Å². The van der Waals surface area contributed by atoms with E-state index in [4.69, 9.17) is 11.6 Å². The van der Waals surface area contributed by atoms with E-state index in [9.17, 15) is 5.11 Å². The number of aliphatic hydroxyl groups excluding tert-OH is 1. The molecule has 1 heterocycles. The molecule has 1 fully saturated rings. The van der Waals surface area contributed by atoms with Gasteiger partial charge in [0.2, 0.25) is 0 Å². The van der Waals surface area contributed by atoms with Crippen LogP contribution in [0, 0.1) is 12.8 Å². The van der Waals surface area contributed by atoms with Crippen LogP contribution in [0.4, 0.5) is 0 Å². The largest absolute Gasteiger partial charge is 0.394 e. The lowest BCUT2D eigenvalue weighted by Gasteiger charge is -2.35. The van der Waals surface area contributed by atoms with Crippen LogP contribution in [0.1, 0.15) is 32.4 Å². The summed E-state index contributed by atoms with van der Waals surface area (Å²) in [6, 6.07) is 0.338. The van der Waals surface area contributed by atoms with Gasteiger partial charge in [-0.15, -0.1) is 0 Å². The van der Waals surface area contributed by atoms with Crippen LogP contribution in [0.2, 0.25) is 5.02 Å². The second kappa shape index (κ2) is 5.19. The lowest BCUT2D eigenvalue weighted by molar-refractivity contribution is 0.109. The van der Waals surface area contributed by atoms with E-state index in [-0.39, 0.29) is 12.1 Å². The molecule has 1 saturated carbocycles. The van der Waals surface area contributed by atoms with Crippen molar-refractivity contribution in [3.63, 3.8) is 0 Å². The summed E-state index contributed by atoms with van der Waals surface area (Å²) in [5.41, 5.74) is 0.569. The van der Waals surface area contributed by atoms with Crippen LogP contribution in [0.5, 0.6) is 0 Å². The van der Waals surface area contributed by atoms with Gasteiger partial charge in [0.05, 0.1) is 29.4 Å². The lowest BCUT2D eigenvalue weighted by Crippen LogP contribution is -2.56. The molecule has 102 valence electrons. The van der Waals surface area contributed by atoms with Crippen molar-refractivity contribution in [3.8, 4) is 0 Å². The molecule has 0 aliphatic heterocycles. The zero-order chi connectivity index (χ0) is 13.3. The molecule has 2 rings (SSSR count). The Morgan fingerprint density at radius 2 is 2.28 bits per heavy atom. The Bertz CT molecular complexity index is 395. The molecule has 1 aromatic heterocycles. The fraction of sp³-hybridized carbons (Fsp3) is 0.769. The highest BCUT2D eigenvalue weighted by molar-refractivity contribution is 6.31. The van der Waals surface area contributed by atoms with Gasteiger partial charge in [-0.25, -0.2) is 0 Å². The van der Waals surface area contributed by atoms with Gasteiger partial charge in [-0.3, -0.25) is 4.68 Å². The van der Waals surface area contributed by atoms with Crippen molar-refractivity contribution >= 4 is 11.6 Å². The van der Waals surface area contributed by atoms with Crippen molar-refractivity contribution in [1.29, 1.82) is 0 Å². The van der Waals surface area contributed by atoms with E-state index < -0.39 is 0 Å². The molecule has 0 aromatic carbocycles. The van der Waals surface area contributed by atoms with Crippen molar-refractivity contribution in [3.05, 3.63) is 16.9 Å². The molecule has 1 aliphatic carbocycles. The topological polar surface area (TPSA) is 50.1 Å². The molecule has 18 heavy (non-hydrogen) atoms. The summed E-state index contributed by atoms with van der Waals surface area (Å²) in [5.74, 6) is 0.535. The maximum atomic E-state index is 9.84. The third-order valence-electron chi connectivity index (χ3n) is 3.55. The number of hydrogen-bond acceptors (Lipinski definition) is 3. The lowest BCUT2D eigenvalue weighted by atomic mass is 9.93. The van der Waals surface area contributed by atoms with Crippen LogP contribution in [0.25, 0.3) is 0 Å². The molecule has 4 nitrogen and oxygen atoms in total. The molecule has 0 spiro atoms. The first kappa shape index (κ1) is 13.8. The quantitative estimate of drug-likeness (QED) is 0.832. The molecule has 1 aromatic rings. The number of aliphatic hydroxyl groups is 1. The van der Waals surface area contributed by atoms with E-state index in [2.05, 4.69) is 24.3 Å². The van der Waals surface area contributed by atoms with E-state index in [1.54, 1.807) is 0 Å². The molecule has 0 radical (unpaired) electrons. The summed E-state index contributed by atoms with van der Waals surface area (Å²) in [4.78, 5) is 0. The number of aromatic nitrogens is 2. The van der Waals surface area contributed by atoms with E-state index in [1.165, 1.54) is 12.8 Å². The Morgan fingerprint density at radius 1 is 1.61 bits per heavy atom. The fourth-order valence-electron chi connectivity index (χ4n) is 2.59. The zero-order valence-corrected chi connectivity index (χ0v) is 12.0. The standard InChI is InChI=1S/C13H22ClN3O/c1-9(2)15-13(8-18,11-4-5-11)7-17-6-12(14)10(3)16-17/h6,9,11,15,18H,4-5,7-8H2,1-3H3. The molecular weight excluding hydrogens is 250 g/mol. The Hall–Kier alpha value is -0.580. The second-order valence-electron chi connectivity index (χ2n) is 5.65. The highest BCUT2D eigenvalue weighted by atomic mass is 35.5. The van der Waals surface area contributed by atoms with Gasteiger partial charge in [0, 0.05) is 12.2 Å². The molecule has 1 unspecified atom stereocenters. The van der Waals surface area contributed by atoms with Gasteiger partial charge in [0.1, 0.15) is 0 Å². The number of rotatable bonds is 6. The first-order valence-corrected chi connectivity index (χ1v) is 6.93. The predicted molar refractivity (Wildman–Crippen MR) is 72.8 cm³/mol. The summed E-state index contributed by atoms with van der Waals surface area (Å²) in [6.45, 7) is 6.90. The summed E-state index contributed by atoms with van der Waals surface area (Å²) in [6.07, 6.45) is 4.19. The minimum absolute atomic E-state index is 0.131. The molecule has 0 bridgehead atoms. The average Bonchev–Trinajstić information content (AvgIpc) is 3.07. The normalized spacial score (nSPS) is 19.2. The smallest absolute Gasteiger partial charge is 0.0814 e. The van der Waals surface area contributed by atoms with Gasteiger partial charge >= 0.3 is 0 Å². The number of hydrogen-bond donors (Lipinski definition) is 2. The van der Waals surface area contributed by atoms with Gasteiger partial charge in [-0.05, 0) is 25.7 Å². The highest BCUT2D eigenvalue weighted by Gasteiger charge is 2.45. The van der Waals surface area contributed by atoms with Crippen molar-refractivity contribution in [2.75, 3.05) is 6.61 Å². The first-order valence-electron chi connectivity index (χ1n) is 6.55. The number of nitrogens with one attached hydrogen (secondary N) is 1. The van der Waals surface area contributed by atoms with Crippen LogP contribution in [0.3, 0.4) is 0 Å². The molecule has 1 aliphatic rings. The predicted octanol–water partition coefficient (Wildman–Crippen LogP) is 1.98. The van der Waals surface area contributed by atoms with E-state index in [1.807, 2.05) is 17.8 Å². The molecule has 5 heteroatoms. The number of nitrogens with zero attached hydrogens (tertiary/aromatic N) is 2. The minimum atomic E-state index is -0.268. The zero-order valence-electron chi connectivity index (χ0n) is 11.3. The van der Waals surface area contributed by atoms with Crippen LogP contribution < -0.4 is 5.32 Å². The van der Waals surface area contributed by atoms with Crippen molar-refractivity contribution in [2.45, 2.75) is 51.7 Å². The summed E-state index contributed by atoms with van der Waals surface area (Å²) in [7, 11) is 0. The molecule has 0 saturated heterocycles. The van der Waals surface area contributed by atoms with E-state index >= 15 is 0 Å². The monoisotopic (exact) mass is 271 g/mol. The van der Waals surface area contributed by atoms with Crippen LogP contribution in [0.15, 0.2) is 6.20 Å². The Balaban J connectivity index is 2.18. The van der Waals surface area contributed by atoms with Crippen molar-refractivity contribution in [2.24, 2.45) is 5.92 Å². The Labute approximate surface area is 113 Å². The van der Waals surface area contributed by atoms with Crippen LogP contribution in [-0.4, -0.2) is 33.1 Å².